The summed E-state index contributed by atoms with van der Waals surface area (Å²) in [6.07, 6.45) is 1.84. The summed E-state index contributed by atoms with van der Waals surface area (Å²) >= 11 is 5.02. The molecule has 2 rings (SSSR count). The summed E-state index contributed by atoms with van der Waals surface area (Å²) in [7, 11) is 0. The van der Waals surface area contributed by atoms with Crippen LogP contribution in [0.4, 0.5) is 0 Å². The summed E-state index contributed by atoms with van der Waals surface area (Å²) in [5.41, 5.74) is 10.2. The second-order valence-electron chi connectivity index (χ2n) is 5.13. The average Bonchev–Trinajstić information content (AvgIpc) is 2.49. The molecule has 0 saturated carbocycles. The first-order valence-corrected chi connectivity index (χ1v) is 7.52. The third kappa shape index (κ3) is 4.34. The van der Waals surface area contributed by atoms with E-state index >= 15 is 0 Å². The van der Waals surface area contributed by atoms with Gasteiger partial charge in [0.2, 0.25) is 0 Å². The quantitative estimate of drug-likeness (QED) is 0.833. The van der Waals surface area contributed by atoms with Gasteiger partial charge in [-0.15, -0.1) is 0 Å². The highest BCUT2D eigenvalue weighted by molar-refractivity contribution is 7.80. The molecular weight excluding hydrogens is 278 g/mol. The van der Waals surface area contributed by atoms with E-state index in [-0.39, 0.29) is 0 Å². The van der Waals surface area contributed by atoms with Crippen LogP contribution in [0.5, 0.6) is 0 Å². The van der Waals surface area contributed by atoms with Crippen LogP contribution >= 0.6 is 12.2 Å². The van der Waals surface area contributed by atoms with Gasteiger partial charge in [-0.1, -0.05) is 37.3 Å². The summed E-state index contributed by atoms with van der Waals surface area (Å²) in [5.74, 6) is 0. The summed E-state index contributed by atoms with van der Waals surface area (Å²) in [4.78, 5) is 7.21. The van der Waals surface area contributed by atoms with Gasteiger partial charge in [-0.3, -0.25) is 9.88 Å². The molecule has 1 aromatic heterocycles. The zero-order valence-electron chi connectivity index (χ0n) is 12.5. The lowest BCUT2D eigenvalue weighted by atomic mass is 10.0. The fraction of sp³-hybridized carbons (Fsp3) is 0.294. The molecule has 0 bridgehead atoms. The maximum absolute atomic E-state index is 5.68. The highest BCUT2D eigenvalue weighted by Crippen LogP contribution is 2.15. The van der Waals surface area contributed by atoms with Gasteiger partial charge in [-0.25, -0.2) is 0 Å². The number of nitrogens with zero attached hydrogens (tertiary/aromatic N) is 2. The van der Waals surface area contributed by atoms with Crippen molar-refractivity contribution in [2.45, 2.75) is 26.9 Å². The maximum atomic E-state index is 5.68. The van der Waals surface area contributed by atoms with Crippen LogP contribution in [0.15, 0.2) is 42.6 Å². The topological polar surface area (TPSA) is 42.2 Å². The molecule has 1 aromatic carbocycles. The van der Waals surface area contributed by atoms with Crippen molar-refractivity contribution < 1.29 is 0 Å². The average molecular weight is 299 g/mol. The van der Waals surface area contributed by atoms with Gasteiger partial charge >= 0.3 is 0 Å². The summed E-state index contributed by atoms with van der Waals surface area (Å²) in [5, 5.41) is 0. The molecule has 0 aliphatic carbocycles. The molecule has 4 heteroatoms. The number of nitrogens with two attached hydrogens (primary N) is 1. The molecule has 0 radical (unpaired) electrons. The first-order chi connectivity index (χ1) is 10.1. The van der Waals surface area contributed by atoms with Crippen molar-refractivity contribution in [3.63, 3.8) is 0 Å². The van der Waals surface area contributed by atoms with Crippen LogP contribution in [-0.2, 0) is 13.1 Å². The van der Waals surface area contributed by atoms with Gasteiger partial charge < -0.3 is 5.73 Å². The lowest BCUT2D eigenvalue weighted by Gasteiger charge is -2.21. The molecule has 0 unspecified atom stereocenters. The SMILES string of the molecule is CCN(Cc1ccccn1)Cc1ccc(C(N)=S)cc1C. The Morgan fingerprint density at radius 1 is 1.24 bits per heavy atom. The lowest BCUT2D eigenvalue weighted by molar-refractivity contribution is 0.267. The molecule has 0 spiro atoms. The van der Waals surface area contributed by atoms with E-state index in [0.717, 1.165) is 30.9 Å². The van der Waals surface area contributed by atoms with Crippen LogP contribution < -0.4 is 5.73 Å². The number of hydrogen-bond donors (Lipinski definition) is 1. The van der Waals surface area contributed by atoms with Gasteiger partial charge in [-0.05, 0) is 42.8 Å². The van der Waals surface area contributed by atoms with Crippen LogP contribution in [0.1, 0.15) is 29.3 Å². The molecule has 110 valence electrons. The fourth-order valence-electron chi connectivity index (χ4n) is 2.27. The van der Waals surface area contributed by atoms with E-state index in [2.05, 4.69) is 41.9 Å². The van der Waals surface area contributed by atoms with E-state index in [1.165, 1.54) is 11.1 Å². The molecule has 0 aliphatic rings. The minimum atomic E-state index is 0.450. The molecule has 0 saturated heterocycles. The Morgan fingerprint density at radius 3 is 2.62 bits per heavy atom. The van der Waals surface area contributed by atoms with Crippen molar-refractivity contribution in [3.05, 3.63) is 65.0 Å². The molecule has 2 N–H and O–H groups in total. The van der Waals surface area contributed by atoms with Crippen LogP contribution in [0.3, 0.4) is 0 Å². The first kappa shape index (κ1) is 15.6. The van der Waals surface area contributed by atoms with Gasteiger partial charge in [0.05, 0.1) is 5.69 Å². The lowest BCUT2D eigenvalue weighted by Crippen LogP contribution is -2.23. The molecule has 0 atom stereocenters. The van der Waals surface area contributed by atoms with Gasteiger partial charge in [0.25, 0.3) is 0 Å². The highest BCUT2D eigenvalue weighted by Gasteiger charge is 2.08. The Morgan fingerprint density at radius 2 is 2.05 bits per heavy atom. The third-order valence-corrected chi connectivity index (χ3v) is 3.82. The van der Waals surface area contributed by atoms with E-state index in [0.29, 0.717) is 4.99 Å². The smallest absolute Gasteiger partial charge is 0.103 e. The predicted octanol–water partition coefficient (Wildman–Crippen LogP) is 3.05. The van der Waals surface area contributed by atoms with Crippen molar-refractivity contribution in [3.8, 4) is 0 Å². The minimum absolute atomic E-state index is 0.450. The van der Waals surface area contributed by atoms with E-state index in [1.54, 1.807) is 0 Å². The predicted molar refractivity (Wildman–Crippen MR) is 91.1 cm³/mol. The van der Waals surface area contributed by atoms with Crippen LogP contribution in [0, 0.1) is 6.92 Å². The number of benzene rings is 1. The first-order valence-electron chi connectivity index (χ1n) is 7.11. The largest absolute Gasteiger partial charge is 0.389 e. The number of rotatable bonds is 6. The molecule has 21 heavy (non-hydrogen) atoms. The second-order valence-corrected chi connectivity index (χ2v) is 5.57. The van der Waals surface area contributed by atoms with Crippen molar-refractivity contribution in [2.75, 3.05) is 6.54 Å². The Kier molecular flexibility index (Phi) is 5.42. The summed E-state index contributed by atoms with van der Waals surface area (Å²) in [6, 6.07) is 12.2. The fourth-order valence-corrected chi connectivity index (χ4v) is 2.39. The van der Waals surface area contributed by atoms with Gasteiger partial charge in [-0.2, -0.15) is 0 Å². The normalized spacial score (nSPS) is 10.8. The van der Waals surface area contributed by atoms with E-state index in [9.17, 15) is 0 Å². The number of aryl methyl sites for hydroxylation is 1. The van der Waals surface area contributed by atoms with Crippen molar-refractivity contribution in [1.29, 1.82) is 0 Å². The van der Waals surface area contributed by atoms with Crippen LogP contribution in [-0.4, -0.2) is 21.4 Å². The van der Waals surface area contributed by atoms with Crippen LogP contribution in [0.25, 0.3) is 0 Å². The molecule has 0 amide bonds. The van der Waals surface area contributed by atoms with Gasteiger partial charge in [0.15, 0.2) is 0 Å². The van der Waals surface area contributed by atoms with Crippen molar-refractivity contribution >= 4 is 17.2 Å². The zero-order chi connectivity index (χ0) is 15.2. The highest BCUT2D eigenvalue weighted by atomic mass is 32.1. The van der Waals surface area contributed by atoms with Gasteiger partial charge in [0.1, 0.15) is 4.99 Å². The number of pyridine rings is 1. The molecule has 3 nitrogen and oxygen atoms in total. The monoisotopic (exact) mass is 299 g/mol. The van der Waals surface area contributed by atoms with Crippen molar-refractivity contribution in [1.82, 2.24) is 9.88 Å². The molecule has 2 aromatic rings. The van der Waals surface area contributed by atoms with E-state index in [1.807, 2.05) is 24.4 Å². The zero-order valence-corrected chi connectivity index (χ0v) is 13.4. The molecule has 0 aliphatic heterocycles. The maximum Gasteiger partial charge on any atom is 0.103 e. The summed E-state index contributed by atoms with van der Waals surface area (Å²) in [6.45, 7) is 7.00. The Labute approximate surface area is 131 Å². The van der Waals surface area contributed by atoms with E-state index in [4.69, 9.17) is 18.0 Å². The van der Waals surface area contributed by atoms with Crippen molar-refractivity contribution in [2.24, 2.45) is 5.73 Å². The number of hydrogen-bond acceptors (Lipinski definition) is 3. The number of thiocarbonyl (C=S) groups is 1. The Balaban J connectivity index is 2.10. The Hall–Kier alpha value is -1.78. The van der Waals surface area contributed by atoms with E-state index < -0.39 is 0 Å². The molecule has 0 fully saturated rings. The second kappa shape index (κ2) is 7.29. The Bertz CT molecular complexity index is 611. The van der Waals surface area contributed by atoms with Gasteiger partial charge in [0, 0.05) is 24.8 Å². The third-order valence-electron chi connectivity index (χ3n) is 3.58. The summed E-state index contributed by atoms with van der Waals surface area (Å²) < 4.78 is 0. The standard InChI is InChI=1S/C17H21N3S/c1-3-20(12-16-6-4-5-9-19-16)11-15-8-7-14(17(18)21)10-13(15)2/h4-10H,3,11-12H2,1-2H3,(H2,18,21). The minimum Gasteiger partial charge on any atom is -0.389 e. The molecular formula is C17H21N3S. The van der Waals surface area contributed by atoms with Crippen LogP contribution in [0.2, 0.25) is 0 Å². The molecule has 1 heterocycles. The number of aromatic nitrogens is 1.